The molecule has 6 nitrogen and oxygen atoms in total. The van der Waals surface area contributed by atoms with Crippen molar-refractivity contribution in [3.8, 4) is 0 Å². The molecule has 0 radical (unpaired) electrons. The normalized spacial score (nSPS) is 19.5. The molecular formula is C11H12N6. The van der Waals surface area contributed by atoms with Gasteiger partial charge in [0.25, 0.3) is 0 Å². The van der Waals surface area contributed by atoms with E-state index in [0.29, 0.717) is 0 Å². The van der Waals surface area contributed by atoms with Crippen LogP contribution in [0.15, 0.2) is 37.2 Å². The Morgan fingerprint density at radius 3 is 2.59 bits per heavy atom. The predicted octanol–water partition coefficient (Wildman–Crippen LogP) is 0.375. The monoisotopic (exact) mass is 228 g/mol. The smallest absolute Gasteiger partial charge is 0.148 e. The quantitative estimate of drug-likeness (QED) is 0.801. The van der Waals surface area contributed by atoms with Gasteiger partial charge in [0.2, 0.25) is 0 Å². The number of nitrogens with zero attached hydrogens (tertiary/aromatic N) is 5. The lowest BCUT2D eigenvalue weighted by atomic mass is 10.3. The molecule has 1 fully saturated rings. The van der Waals surface area contributed by atoms with Crippen LogP contribution >= 0.6 is 0 Å². The summed E-state index contributed by atoms with van der Waals surface area (Å²) in [5.74, 6) is 0.855. The Morgan fingerprint density at radius 1 is 1.06 bits per heavy atom. The second-order valence-electron chi connectivity index (χ2n) is 3.74. The Kier molecular flexibility index (Phi) is 2.63. The van der Waals surface area contributed by atoms with E-state index in [2.05, 4.69) is 30.2 Å². The summed E-state index contributed by atoms with van der Waals surface area (Å²) in [5.41, 5.74) is 0.899. The van der Waals surface area contributed by atoms with Crippen molar-refractivity contribution in [1.29, 1.82) is 0 Å². The van der Waals surface area contributed by atoms with Crippen LogP contribution < -0.4 is 10.2 Å². The van der Waals surface area contributed by atoms with Crippen LogP contribution in [0, 0.1) is 0 Å². The van der Waals surface area contributed by atoms with Crippen molar-refractivity contribution >= 4 is 5.82 Å². The number of anilines is 1. The zero-order chi connectivity index (χ0) is 11.5. The summed E-state index contributed by atoms with van der Waals surface area (Å²) in [6.45, 7) is 1.79. The first kappa shape index (κ1) is 10.1. The minimum Gasteiger partial charge on any atom is -0.333 e. The first-order chi connectivity index (χ1) is 8.45. The highest BCUT2D eigenvalue weighted by Crippen LogP contribution is 2.23. The first-order valence-corrected chi connectivity index (χ1v) is 5.47. The minimum absolute atomic E-state index is 0.0281. The SMILES string of the molecule is c1cnc(C2NCCN2c2cnccn2)cn1. The van der Waals surface area contributed by atoms with Gasteiger partial charge in [-0.3, -0.25) is 20.3 Å². The van der Waals surface area contributed by atoms with Crippen molar-refractivity contribution in [3.63, 3.8) is 0 Å². The summed E-state index contributed by atoms with van der Waals surface area (Å²) in [6, 6.07) is 0. The molecule has 1 unspecified atom stereocenters. The lowest BCUT2D eigenvalue weighted by Crippen LogP contribution is -2.28. The van der Waals surface area contributed by atoms with Gasteiger partial charge in [0.15, 0.2) is 0 Å². The highest BCUT2D eigenvalue weighted by Gasteiger charge is 2.27. The van der Waals surface area contributed by atoms with Crippen LogP contribution in [0.3, 0.4) is 0 Å². The number of hydrogen-bond donors (Lipinski definition) is 1. The number of rotatable bonds is 2. The third kappa shape index (κ3) is 1.94. The van der Waals surface area contributed by atoms with Gasteiger partial charge in [0, 0.05) is 37.9 Å². The fraction of sp³-hybridized carbons (Fsp3) is 0.273. The molecule has 1 atom stereocenters. The molecule has 6 heteroatoms. The van der Waals surface area contributed by atoms with Gasteiger partial charge in [0.05, 0.1) is 18.1 Å². The van der Waals surface area contributed by atoms with Crippen molar-refractivity contribution in [2.45, 2.75) is 6.17 Å². The molecule has 2 aromatic rings. The highest BCUT2D eigenvalue weighted by molar-refractivity contribution is 5.39. The highest BCUT2D eigenvalue weighted by atomic mass is 15.4. The Bertz CT molecular complexity index is 428. The molecule has 0 aliphatic carbocycles. The molecular weight excluding hydrogens is 216 g/mol. The average Bonchev–Trinajstić information content (AvgIpc) is 2.90. The van der Waals surface area contributed by atoms with Crippen LogP contribution in [0.4, 0.5) is 5.82 Å². The van der Waals surface area contributed by atoms with Gasteiger partial charge in [-0.2, -0.15) is 0 Å². The van der Waals surface area contributed by atoms with Gasteiger partial charge in [0.1, 0.15) is 12.0 Å². The van der Waals surface area contributed by atoms with Crippen LogP contribution in [0.2, 0.25) is 0 Å². The molecule has 86 valence electrons. The summed E-state index contributed by atoms with van der Waals surface area (Å²) in [4.78, 5) is 19.0. The van der Waals surface area contributed by atoms with Crippen molar-refractivity contribution < 1.29 is 0 Å². The van der Waals surface area contributed by atoms with E-state index in [-0.39, 0.29) is 6.17 Å². The van der Waals surface area contributed by atoms with E-state index in [1.54, 1.807) is 37.2 Å². The molecule has 0 bridgehead atoms. The second-order valence-corrected chi connectivity index (χ2v) is 3.74. The molecule has 1 aliphatic heterocycles. The van der Waals surface area contributed by atoms with Crippen molar-refractivity contribution in [3.05, 3.63) is 42.9 Å². The lowest BCUT2D eigenvalue weighted by Gasteiger charge is -2.23. The molecule has 1 saturated heterocycles. The molecule has 17 heavy (non-hydrogen) atoms. The van der Waals surface area contributed by atoms with E-state index < -0.39 is 0 Å². The number of nitrogens with one attached hydrogen (secondary N) is 1. The van der Waals surface area contributed by atoms with E-state index in [1.807, 2.05) is 0 Å². The van der Waals surface area contributed by atoms with Gasteiger partial charge in [-0.05, 0) is 0 Å². The maximum absolute atomic E-state index is 4.32. The average molecular weight is 228 g/mol. The minimum atomic E-state index is 0.0281. The Hall–Kier alpha value is -2.08. The molecule has 3 rings (SSSR count). The van der Waals surface area contributed by atoms with Gasteiger partial charge >= 0.3 is 0 Å². The topological polar surface area (TPSA) is 66.8 Å². The summed E-state index contributed by atoms with van der Waals surface area (Å²) in [6.07, 6.45) is 10.3. The van der Waals surface area contributed by atoms with Gasteiger partial charge in [-0.15, -0.1) is 0 Å². The third-order valence-corrected chi connectivity index (χ3v) is 2.71. The predicted molar refractivity (Wildman–Crippen MR) is 62.2 cm³/mol. The van der Waals surface area contributed by atoms with Gasteiger partial charge in [-0.1, -0.05) is 0 Å². The van der Waals surface area contributed by atoms with E-state index in [0.717, 1.165) is 24.6 Å². The molecule has 0 aromatic carbocycles. The molecule has 0 saturated carbocycles. The lowest BCUT2D eigenvalue weighted by molar-refractivity contribution is 0.617. The third-order valence-electron chi connectivity index (χ3n) is 2.71. The maximum atomic E-state index is 4.32. The Labute approximate surface area is 98.8 Å². The summed E-state index contributed by atoms with van der Waals surface area (Å²) >= 11 is 0. The zero-order valence-electron chi connectivity index (χ0n) is 9.19. The van der Waals surface area contributed by atoms with E-state index >= 15 is 0 Å². The van der Waals surface area contributed by atoms with E-state index in [4.69, 9.17) is 0 Å². The second kappa shape index (κ2) is 4.42. The molecule has 2 aromatic heterocycles. The molecule has 0 spiro atoms. The van der Waals surface area contributed by atoms with Crippen LogP contribution in [-0.2, 0) is 0 Å². The maximum Gasteiger partial charge on any atom is 0.148 e. The number of hydrogen-bond acceptors (Lipinski definition) is 6. The van der Waals surface area contributed by atoms with Crippen LogP contribution in [0.25, 0.3) is 0 Å². The molecule has 1 aliphatic rings. The van der Waals surface area contributed by atoms with Crippen molar-refractivity contribution in [2.75, 3.05) is 18.0 Å². The Balaban J connectivity index is 1.91. The van der Waals surface area contributed by atoms with E-state index in [1.165, 1.54) is 0 Å². The Morgan fingerprint density at radius 2 is 1.88 bits per heavy atom. The van der Waals surface area contributed by atoms with E-state index in [9.17, 15) is 0 Å². The summed E-state index contributed by atoms with van der Waals surface area (Å²) in [5, 5.41) is 3.38. The molecule has 3 heterocycles. The van der Waals surface area contributed by atoms with Crippen molar-refractivity contribution in [2.24, 2.45) is 0 Å². The molecule has 0 amide bonds. The first-order valence-electron chi connectivity index (χ1n) is 5.47. The summed E-state index contributed by atoms with van der Waals surface area (Å²) < 4.78 is 0. The standard InChI is InChI=1S/C11H12N6/c1-3-14-9(7-12-1)11-16-5-6-17(11)10-8-13-2-4-15-10/h1-4,7-8,11,16H,5-6H2. The van der Waals surface area contributed by atoms with Crippen LogP contribution in [0.1, 0.15) is 11.9 Å². The number of aromatic nitrogens is 4. The largest absolute Gasteiger partial charge is 0.333 e. The van der Waals surface area contributed by atoms with Crippen molar-refractivity contribution in [1.82, 2.24) is 25.3 Å². The van der Waals surface area contributed by atoms with Gasteiger partial charge in [-0.25, -0.2) is 4.98 Å². The van der Waals surface area contributed by atoms with Crippen LogP contribution in [0.5, 0.6) is 0 Å². The fourth-order valence-corrected chi connectivity index (χ4v) is 1.96. The van der Waals surface area contributed by atoms with Gasteiger partial charge < -0.3 is 4.90 Å². The summed E-state index contributed by atoms with van der Waals surface area (Å²) in [7, 11) is 0. The molecule has 1 N–H and O–H groups in total. The van der Waals surface area contributed by atoms with Crippen LogP contribution in [-0.4, -0.2) is 33.0 Å². The fourth-order valence-electron chi connectivity index (χ4n) is 1.96. The zero-order valence-corrected chi connectivity index (χ0v) is 9.19.